The van der Waals surface area contributed by atoms with Crippen LogP contribution in [0.2, 0.25) is 0 Å². The molecule has 0 unspecified atom stereocenters. The van der Waals surface area contributed by atoms with Gasteiger partial charge in [0.25, 0.3) is 0 Å². The number of hydrogen-bond acceptors (Lipinski definition) is 4. The van der Waals surface area contributed by atoms with E-state index >= 15 is 0 Å². The van der Waals surface area contributed by atoms with Gasteiger partial charge in [-0.25, -0.2) is 8.42 Å². The predicted octanol–water partition coefficient (Wildman–Crippen LogP) is 1.89. The van der Waals surface area contributed by atoms with E-state index in [0.717, 1.165) is 0 Å². The SMILES string of the molecule is CCS(=O)(=O)c1ccccc1-c1nn(C)c(C)c1O. The lowest BCUT2D eigenvalue weighted by atomic mass is 10.1. The molecule has 1 aromatic heterocycles. The third-order valence-corrected chi connectivity index (χ3v) is 4.95. The number of benzene rings is 1. The molecule has 1 N–H and O–H groups in total. The van der Waals surface area contributed by atoms with Gasteiger partial charge in [-0.05, 0) is 13.0 Å². The van der Waals surface area contributed by atoms with Crippen molar-refractivity contribution in [1.29, 1.82) is 0 Å². The summed E-state index contributed by atoms with van der Waals surface area (Å²) in [5.74, 6) is 0.0256. The lowest BCUT2D eigenvalue weighted by molar-refractivity contribution is 0.471. The van der Waals surface area contributed by atoms with E-state index < -0.39 is 9.84 Å². The third kappa shape index (κ3) is 2.23. The molecule has 6 heteroatoms. The maximum atomic E-state index is 12.1. The predicted molar refractivity (Wildman–Crippen MR) is 72.8 cm³/mol. The number of aromatic nitrogens is 2. The second-order valence-electron chi connectivity index (χ2n) is 4.31. The first-order chi connectivity index (χ1) is 8.88. The summed E-state index contributed by atoms with van der Waals surface area (Å²) in [6, 6.07) is 6.59. The van der Waals surface area contributed by atoms with E-state index in [1.54, 1.807) is 39.1 Å². The molecule has 0 saturated heterocycles. The zero-order chi connectivity index (χ0) is 14.2. The first-order valence-corrected chi connectivity index (χ1v) is 7.58. The molecule has 0 amide bonds. The Kier molecular flexibility index (Phi) is 3.36. The van der Waals surface area contributed by atoms with Crippen LogP contribution in [0.25, 0.3) is 11.3 Å². The molecule has 1 aromatic carbocycles. The second-order valence-corrected chi connectivity index (χ2v) is 6.55. The first kappa shape index (κ1) is 13.6. The van der Waals surface area contributed by atoms with Crippen molar-refractivity contribution in [1.82, 2.24) is 9.78 Å². The molecule has 102 valence electrons. The van der Waals surface area contributed by atoms with Gasteiger partial charge in [0.2, 0.25) is 0 Å². The summed E-state index contributed by atoms with van der Waals surface area (Å²) in [6.45, 7) is 3.32. The van der Waals surface area contributed by atoms with Gasteiger partial charge < -0.3 is 5.11 Å². The van der Waals surface area contributed by atoms with E-state index in [0.29, 0.717) is 17.0 Å². The van der Waals surface area contributed by atoms with Gasteiger partial charge in [-0.1, -0.05) is 25.1 Å². The molecule has 0 aliphatic carbocycles. The summed E-state index contributed by atoms with van der Waals surface area (Å²) in [5, 5.41) is 14.2. The molecule has 0 saturated carbocycles. The van der Waals surface area contributed by atoms with Crippen LogP contribution in [0, 0.1) is 6.92 Å². The number of sulfone groups is 1. The van der Waals surface area contributed by atoms with Crippen molar-refractivity contribution in [3.63, 3.8) is 0 Å². The van der Waals surface area contributed by atoms with Crippen molar-refractivity contribution in [3.8, 4) is 17.0 Å². The Morgan fingerprint density at radius 1 is 1.32 bits per heavy atom. The van der Waals surface area contributed by atoms with Gasteiger partial charge in [-0.15, -0.1) is 0 Å². The lowest BCUT2D eigenvalue weighted by Crippen LogP contribution is -2.05. The van der Waals surface area contributed by atoms with Gasteiger partial charge in [0, 0.05) is 12.6 Å². The highest BCUT2D eigenvalue weighted by atomic mass is 32.2. The van der Waals surface area contributed by atoms with Crippen molar-refractivity contribution < 1.29 is 13.5 Å². The van der Waals surface area contributed by atoms with Gasteiger partial charge in [-0.2, -0.15) is 5.10 Å². The molecule has 0 atom stereocenters. The van der Waals surface area contributed by atoms with E-state index in [1.165, 1.54) is 10.7 Å². The standard InChI is InChI=1S/C13H16N2O3S/c1-4-19(17,18)11-8-6-5-7-10(11)12-13(16)9(2)15(3)14-12/h5-8,16H,4H2,1-3H3. The highest BCUT2D eigenvalue weighted by Crippen LogP contribution is 2.34. The fraction of sp³-hybridized carbons (Fsp3) is 0.308. The number of nitrogens with zero attached hydrogens (tertiary/aromatic N) is 2. The van der Waals surface area contributed by atoms with Crippen LogP contribution >= 0.6 is 0 Å². The van der Waals surface area contributed by atoms with Crippen molar-refractivity contribution >= 4 is 9.84 Å². The normalized spacial score (nSPS) is 11.7. The minimum atomic E-state index is -3.36. The van der Waals surface area contributed by atoms with E-state index in [4.69, 9.17) is 0 Å². The molecule has 0 spiro atoms. The van der Waals surface area contributed by atoms with Crippen LogP contribution in [-0.2, 0) is 16.9 Å². The summed E-state index contributed by atoms with van der Waals surface area (Å²) in [7, 11) is -1.65. The first-order valence-electron chi connectivity index (χ1n) is 5.93. The zero-order valence-corrected chi connectivity index (χ0v) is 11.9. The Bertz CT molecular complexity index is 717. The van der Waals surface area contributed by atoms with Crippen molar-refractivity contribution in [3.05, 3.63) is 30.0 Å². The second kappa shape index (κ2) is 4.70. The van der Waals surface area contributed by atoms with Crippen LogP contribution in [-0.4, -0.2) is 29.1 Å². The monoisotopic (exact) mass is 280 g/mol. The van der Waals surface area contributed by atoms with Crippen LogP contribution in [0.5, 0.6) is 5.75 Å². The molecule has 1 heterocycles. The van der Waals surface area contributed by atoms with Gasteiger partial charge in [-0.3, -0.25) is 4.68 Å². The molecule has 5 nitrogen and oxygen atoms in total. The Labute approximate surface area is 112 Å². The number of aromatic hydroxyl groups is 1. The van der Waals surface area contributed by atoms with Gasteiger partial charge >= 0.3 is 0 Å². The minimum absolute atomic E-state index is 0.0105. The van der Waals surface area contributed by atoms with Gasteiger partial charge in [0.05, 0.1) is 16.3 Å². The van der Waals surface area contributed by atoms with Crippen LogP contribution in [0.15, 0.2) is 29.2 Å². The topological polar surface area (TPSA) is 72.2 Å². The van der Waals surface area contributed by atoms with Crippen LogP contribution < -0.4 is 0 Å². The number of hydrogen-bond donors (Lipinski definition) is 1. The molecule has 0 radical (unpaired) electrons. The summed E-state index contributed by atoms with van der Waals surface area (Å²) >= 11 is 0. The average Bonchev–Trinajstić information content (AvgIpc) is 2.66. The molecular formula is C13H16N2O3S. The fourth-order valence-corrected chi connectivity index (χ4v) is 2.96. The highest BCUT2D eigenvalue weighted by molar-refractivity contribution is 7.91. The zero-order valence-electron chi connectivity index (χ0n) is 11.1. The Morgan fingerprint density at radius 2 is 1.95 bits per heavy atom. The number of rotatable bonds is 3. The van der Waals surface area contributed by atoms with Gasteiger partial charge in [0.1, 0.15) is 5.69 Å². The molecule has 0 aliphatic rings. The maximum Gasteiger partial charge on any atom is 0.178 e. The van der Waals surface area contributed by atoms with E-state index in [1.807, 2.05) is 0 Å². The van der Waals surface area contributed by atoms with Crippen molar-refractivity contribution in [2.24, 2.45) is 7.05 Å². The summed E-state index contributed by atoms with van der Waals surface area (Å²) in [4.78, 5) is 0.200. The quantitative estimate of drug-likeness (QED) is 0.932. The molecule has 0 bridgehead atoms. The van der Waals surface area contributed by atoms with E-state index in [9.17, 15) is 13.5 Å². The Balaban J connectivity index is 2.74. The molecule has 0 fully saturated rings. The lowest BCUT2D eigenvalue weighted by Gasteiger charge is -2.07. The van der Waals surface area contributed by atoms with E-state index in [2.05, 4.69) is 5.10 Å². The van der Waals surface area contributed by atoms with Crippen molar-refractivity contribution in [2.45, 2.75) is 18.7 Å². The fourth-order valence-electron chi connectivity index (χ4n) is 1.87. The Morgan fingerprint density at radius 3 is 2.47 bits per heavy atom. The molecular weight excluding hydrogens is 264 g/mol. The Hall–Kier alpha value is -1.82. The largest absolute Gasteiger partial charge is 0.504 e. The average molecular weight is 280 g/mol. The van der Waals surface area contributed by atoms with Crippen LogP contribution in [0.4, 0.5) is 0 Å². The van der Waals surface area contributed by atoms with Gasteiger partial charge in [0.15, 0.2) is 15.6 Å². The highest BCUT2D eigenvalue weighted by Gasteiger charge is 2.22. The summed E-state index contributed by atoms with van der Waals surface area (Å²) < 4.78 is 25.7. The van der Waals surface area contributed by atoms with Crippen molar-refractivity contribution in [2.75, 3.05) is 5.75 Å². The maximum absolute atomic E-state index is 12.1. The molecule has 19 heavy (non-hydrogen) atoms. The molecule has 2 rings (SSSR count). The van der Waals surface area contributed by atoms with Crippen LogP contribution in [0.3, 0.4) is 0 Å². The summed E-state index contributed by atoms with van der Waals surface area (Å²) in [6.07, 6.45) is 0. The smallest absolute Gasteiger partial charge is 0.178 e. The third-order valence-electron chi connectivity index (χ3n) is 3.16. The molecule has 2 aromatic rings. The van der Waals surface area contributed by atoms with E-state index in [-0.39, 0.29) is 16.4 Å². The number of aryl methyl sites for hydroxylation is 1. The minimum Gasteiger partial charge on any atom is -0.504 e. The summed E-state index contributed by atoms with van der Waals surface area (Å²) in [5.41, 5.74) is 1.33. The van der Waals surface area contributed by atoms with Crippen LogP contribution in [0.1, 0.15) is 12.6 Å². The molecule has 0 aliphatic heterocycles.